The molecule has 0 aromatic carbocycles. The highest BCUT2D eigenvalue weighted by Crippen LogP contribution is 2.26. The van der Waals surface area contributed by atoms with Crippen LogP contribution < -0.4 is 5.32 Å². The molecule has 0 radical (unpaired) electrons. The Morgan fingerprint density at radius 3 is 2.50 bits per heavy atom. The van der Waals surface area contributed by atoms with Gasteiger partial charge in [-0.05, 0) is 31.3 Å². The number of carbonyl (C=O) groups excluding carboxylic acids is 1. The second-order valence-electron chi connectivity index (χ2n) is 6.26. The van der Waals surface area contributed by atoms with Crippen LogP contribution in [0.2, 0.25) is 0 Å². The maximum Gasteiger partial charge on any atom is 0.225 e. The number of rotatable bonds is 5. The van der Waals surface area contributed by atoms with Crippen LogP contribution in [0.3, 0.4) is 0 Å². The molecule has 1 saturated heterocycles. The number of amides is 1. The van der Waals surface area contributed by atoms with E-state index in [2.05, 4.69) is 12.2 Å². The predicted octanol–water partition coefficient (Wildman–Crippen LogP) is 2.27. The molecule has 2 aliphatic rings. The van der Waals surface area contributed by atoms with Crippen molar-refractivity contribution in [3.8, 4) is 0 Å². The molecule has 3 nitrogen and oxygen atoms in total. The van der Waals surface area contributed by atoms with E-state index in [4.69, 9.17) is 0 Å². The second kappa shape index (κ2) is 6.55. The molecule has 104 valence electrons. The first kappa shape index (κ1) is 13.9. The molecule has 0 aromatic rings. The number of hydrogen-bond acceptors (Lipinski definition) is 2. The Morgan fingerprint density at radius 2 is 1.94 bits per heavy atom. The van der Waals surface area contributed by atoms with E-state index in [0.29, 0.717) is 11.8 Å². The third-order valence-electron chi connectivity index (χ3n) is 4.88. The van der Waals surface area contributed by atoms with Crippen molar-refractivity contribution in [1.29, 1.82) is 0 Å². The van der Waals surface area contributed by atoms with Crippen molar-refractivity contribution >= 4 is 5.91 Å². The fourth-order valence-electron chi connectivity index (χ4n) is 3.18. The lowest BCUT2D eigenvalue weighted by Crippen LogP contribution is -2.50. The van der Waals surface area contributed by atoms with Gasteiger partial charge in [0.2, 0.25) is 5.91 Å². The van der Waals surface area contributed by atoms with E-state index in [1.54, 1.807) is 0 Å². The van der Waals surface area contributed by atoms with Gasteiger partial charge in [0.1, 0.15) is 0 Å². The van der Waals surface area contributed by atoms with Crippen molar-refractivity contribution < 1.29 is 4.79 Å². The zero-order valence-electron chi connectivity index (χ0n) is 12.0. The first-order valence-corrected chi connectivity index (χ1v) is 7.64. The normalized spacial score (nSPS) is 23.4. The lowest BCUT2D eigenvalue weighted by molar-refractivity contribution is -0.136. The van der Waals surface area contributed by atoms with E-state index in [1.165, 1.54) is 38.5 Å². The summed E-state index contributed by atoms with van der Waals surface area (Å²) in [6, 6.07) is 0. The minimum Gasteiger partial charge on any atom is -0.346 e. The molecule has 1 amide bonds. The second-order valence-corrected chi connectivity index (χ2v) is 6.26. The van der Waals surface area contributed by atoms with Crippen molar-refractivity contribution in [3.63, 3.8) is 0 Å². The lowest BCUT2D eigenvalue weighted by atomic mass is 9.86. The molecular weight excluding hydrogens is 224 g/mol. The fraction of sp³-hybridized carbons (Fsp3) is 0.933. The van der Waals surface area contributed by atoms with Gasteiger partial charge in [0.15, 0.2) is 0 Å². The van der Waals surface area contributed by atoms with Gasteiger partial charge in [0.25, 0.3) is 0 Å². The Morgan fingerprint density at radius 1 is 1.28 bits per heavy atom. The van der Waals surface area contributed by atoms with Gasteiger partial charge in [0, 0.05) is 19.5 Å². The van der Waals surface area contributed by atoms with Gasteiger partial charge in [-0.15, -0.1) is 0 Å². The molecule has 1 N–H and O–H groups in total. The molecule has 1 saturated carbocycles. The monoisotopic (exact) mass is 252 g/mol. The molecule has 18 heavy (non-hydrogen) atoms. The smallest absolute Gasteiger partial charge is 0.225 e. The van der Waals surface area contributed by atoms with Gasteiger partial charge in [-0.1, -0.05) is 39.0 Å². The Bertz CT molecular complexity index is 270. The average Bonchev–Trinajstić information content (AvgIpc) is 2.34. The van der Waals surface area contributed by atoms with Crippen molar-refractivity contribution in [3.05, 3.63) is 0 Å². The number of carbonyl (C=O) groups is 1. The number of nitrogens with zero attached hydrogens (tertiary/aromatic N) is 1. The molecule has 2 rings (SSSR count). The van der Waals surface area contributed by atoms with E-state index in [9.17, 15) is 4.79 Å². The third kappa shape index (κ3) is 3.47. The summed E-state index contributed by atoms with van der Waals surface area (Å²) in [6.07, 6.45) is 8.17. The van der Waals surface area contributed by atoms with Gasteiger partial charge < -0.3 is 10.2 Å². The molecule has 1 unspecified atom stereocenters. The maximum atomic E-state index is 12.2. The first-order valence-electron chi connectivity index (χ1n) is 7.64. The first-order chi connectivity index (χ1) is 8.68. The molecule has 1 atom stereocenters. The zero-order valence-corrected chi connectivity index (χ0v) is 12.0. The van der Waals surface area contributed by atoms with Gasteiger partial charge in [0.05, 0.1) is 0 Å². The highest BCUT2D eigenvalue weighted by atomic mass is 16.2. The third-order valence-corrected chi connectivity index (χ3v) is 4.88. The molecule has 1 heterocycles. The van der Waals surface area contributed by atoms with Crippen molar-refractivity contribution in [2.45, 2.75) is 45.4 Å². The minimum absolute atomic E-state index is 0.197. The summed E-state index contributed by atoms with van der Waals surface area (Å²) in [7, 11) is 1.98. The molecule has 0 aromatic heterocycles. The van der Waals surface area contributed by atoms with Crippen molar-refractivity contribution in [2.75, 3.05) is 26.7 Å². The maximum absolute atomic E-state index is 12.2. The number of nitrogens with one attached hydrogen (secondary N) is 1. The zero-order chi connectivity index (χ0) is 13.0. The van der Waals surface area contributed by atoms with E-state index in [-0.39, 0.29) is 5.92 Å². The molecule has 0 bridgehead atoms. The molecule has 0 spiro atoms. The largest absolute Gasteiger partial charge is 0.346 e. The summed E-state index contributed by atoms with van der Waals surface area (Å²) in [5.74, 6) is 1.98. The van der Waals surface area contributed by atoms with Crippen LogP contribution in [0.5, 0.6) is 0 Å². The quantitative estimate of drug-likeness (QED) is 0.814. The van der Waals surface area contributed by atoms with E-state index < -0.39 is 0 Å². The summed E-state index contributed by atoms with van der Waals surface area (Å²) in [5, 5.41) is 3.25. The predicted molar refractivity (Wildman–Crippen MR) is 74.4 cm³/mol. The van der Waals surface area contributed by atoms with E-state index in [1.807, 2.05) is 11.9 Å². The van der Waals surface area contributed by atoms with Crippen LogP contribution in [0.15, 0.2) is 0 Å². The molecule has 3 heteroatoms. The van der Waals surface area contributed by atoms with Crippen LogP contribution in [0.4, 0.5) is 0 Å². The van der Waals surface area contributed by atoms with Crippen LogP contribution in [0, 0.1) is 17.8 Å². The van der Waals surface area contributed by atoms with Gasteiger partial charge in [-0.2, -0.15) is 0 Å². The fourth-order valence-corrected chi connectivity index (χ4v) is 3.18. The summed E-state index contributed by atoms with van der Waals surface area (Å²) in [4.78, 5) is 14.2. The van der Waals surface area contributed by atoms with Gasteiger partial charge >= 0.3 is 0 Å². The van der Waals surface area contributed by atoms with Gasteiger partial charge in [-0.3, -0.25) is 4.79 Å². The molecular formula is C15H28N2O. The van der Waals surface area contributed by atoms with Crippen LogP contribution in [-0.4, -0.2) is 37.5 Å². The Balaban J connectivity index is 1.69. The van der Waals surface area contributed by atoms with Crippen molar-refractivity contribution in [1.82, 2.24) is 10.2 Å². The standard InChI is InChI=1S/C15H28N2O/c1-12(14-10-16-11-14)15(18)17(2)9-8-13-6-4-3-5-7-13/h12-14,16H,3-11H2,1-2H3. The summed E-state index contributed by atoms with van der Waals surface area (Å²) in [6.45, 7) is 5.08. The molecule has 1 aliphatic heterocycles. The molecule has 1 aliphatic carbocycles. The lowest BCUT2D eigenvalue weighted by Gasteiger charge is -2.34. The molecule has 2 fully saturated rings. The summed E-state index contributed by atoms with van der Waals surface area (Å²) >= 11 is 0. The van der Waals surface area contributed by atoms with Crippen LogP contribution >= 0.6 is 0 Å². The Labute approximate surface area is 111 Å². The van der Waals surface area contributed by atoms with Crippen molar-refractivity contribution in [2.24, 2.45) is 17.8 Å². The van der Waals surface area contributed by atoms with Crippen LogP contribution in [-0.2, 0) is 4.79 Å². The van der Waals surface area contributed by atoms with Crippen LogP contribution in [0.25, 0.3) is 0 Å². The Hall–Kier alpha value is -0.570. The summed E-state index contributed by atoms with van der Waals surface area (Å²) in [5.41, 5.74) is 0. The highest BCUT2D eigenvalue weighted by Gasteiger charge is 2.30. The summed E-state index contributed by atoms with van der Waals surface area (Å²) < 4.78 is 0. The number of hydrogen-bond donors (Lipinski definition) is 1. The van der Waals surface area contributed by atoms with E-state index >= 15 is 0 Å². The van der Waals surface area contributed by atoms with Gasteiger partial charge in [-0.25, -0.2) is 0 Å². The highest BCUT2D eigenvalue weighted by molar-refractivity contribution is 5.78. The Kier molecular flexibility index (Phi) is 5.04. The topological polar surface area (TPSA) is 32.3 Å². The van der Waals surface area contributed by atoms with E-state index in [0.717, 1.165) is 25.6 Å². The SMILES string of the molecule is CC(C(=O)N(C)CCC1CCCCC1)C1CNC1. The van der Waals surface area contributed by atoms with Crippen LogP contribution in [0.1, 0.15) is 45.4 Å². The minimum atomic E-state index is 0.197. The average molecular weight is 252 g/mol.